The van der Waals surface area contributed by atoms with Crippen LogP contribution in [0.5, 0.6) is 0 Å². The Balaban J connectivity index is 2.45. The Morgan fingerprint density at radius 2 is 1.71 bits per heavy atom. The zero-order chi connectivity index (χ0) is 18.4. The number of hydrogen-bond acceptors (Lipinski definition) is 10. The predicted octanol–water partition coefficient (Wildman–Crippen LogP) is -2.24. The molecule has 1 unspecified atom stereocenters. The lowest BCUT2D eigenvalue weighted by Crippen LogP contribution is -2.59. The van der Waals surface area contributed by atoms with E-state index in [4.69, 9.17) is 41.7 Å². The number of allylic oxidation sites excluding steroid dienone is 1. The van der Waals surface area contributed by atoms with Gasteiger partial charge in [-0.25, -0.2) is 0 Å². The van der Waals surface area contributed by atoms with Crippen molar-refractivity contribution in [2.24, 2.45) is 0 Å². The first-order valence-electron chi connectivity index (χ1n) is 7.33. The van der Waals surface area contributed by atoms with Gasteiger partial charge >= 0.3 is 26.7 Å². The summed E-state index contributed by atoms with van der Waals surface area (Å²) in [6.45, 7) is 1.81. The van der Waals surface area contributed by atoms with Crippen LogP contribution in [0.4, 0.5) is 0 Å². The maximum absolute atomic E-state index is 9.07. The van der Waals surface area contributed by atoms with Crippen LogP contribution in [0.3, 0.4) is 0 Å². The van der Waals surface area contributed by atoms with Crippen LogP contribution in [0.1, 0.15) is 12.8 Å². The fourth-order valence-corrected chi connectivity index (χ4v) is 9.11. The number of rotatable bonds is 10. The summed E-state index contributed by atoms with van der Waals surface area (Å²) < 4.78 is 14.5. The minimum Gasteiger partial charge on any atom is -0.497 e. The molecule has 13 heteroatoms. The standard InChI is InChI=1S/C11H25NO9Si3/c1-19-11-6-4-10(5-7-11)12-8-3-9-22(2,20-23(13,14)15)21-24(16,17)18/h4,6-7,10,12-18H,3,5,8-9H2,1-2H3. The highest BCUT2D eigenvalue weighted by Gasteiger charge is 2.50. The van der Waals surface area contributed by atoms with E-state index in [1.807, 2.05) is 18.2 Å². The van der Waals surface area contributed by atoms with Gasteiger partial charge in [0.2, 0.25) is 0 Å². The summed E-state index contributed by atoms with van der Waals surface area (Å²) in [5.74, 6) is 0.792. The van der Waals surface area contributed by atoms with E-state index < -0.39 is 26.7 Å². The number of nitrogens with one attached hydrogen (secondary N) is 1. The largest absolute Gasteiger partial charge is 0.662 e. The zero-order valence-electron chi connectivity index (χ0n) is 13.5. The van der Waals surface area contributed by atoms with Gasteiger partial charge in [-0.05, 0) is 44.1 Å². The van der Waals surface area contributed by atoms with E-state index in [-0.39, 0.29) is 12.1 Å². The van der Waals surface area contributed by atoms with Crippen LogP contribution in [0.15, 0.2) is 24.0 Å². The quantitative estimate of drug-likeness (QED) is 0.158. The lowest BCUT2D eigenvalue weighted by Gasteiger charge is -2.31. The SMILES string of the molecule is COC1=CCC(NCCC[Si](C)(O[Si](O)(O)O)O[Si](O)(O)O)C=C1. The van der Waals surface area contributed by atoms with E-state index in [0.717, 1.165) is 12.2 Å². The molecule has 1 aliphatic carbocycles. The Bertz CT molecular complexity index is 445. The molecule has 0 aromatic heterocycles. The van der Waals surface area contributed by atoms with Gasteiger partial charge in [0.05, 0.1) is 7.11 Å². The molecule has 0 saturated heterocycles. The molecular formula is C11H25NO9Si3. The van der Waals surface area contributed by atoms with Crippen molar-refractivity contribution >= 4 is 26.7 Å². The highest BCUT2D eigenvalue weighted by molar-refractivity contribution is 6.79. The van der Waals surface area contributed by atoms with Gasteiger partial charge in [0.15, 0.2) is 0 Å². The Kier molecular flexibility index (Phi) is 7.91. The Morgan fingerprint density at radius 1 is 1.12 bits per heavy atom. The molecule has 1 aliphatic rings. The molecule has 1 atom stereocenters. The second kappa shape index (κ2) is 8.79. The molecule has 0 aromatic carbocycles. The van der Waals surface area contributed by atoms with Gasteiger partial charge in [0, 0.05) is 6.04 Å². The summed E-state index contributed by atoms with van der Waals surface area (Å²) in [6, 6.07) is 0.213. The molecule has 0 aromatic rings. The van der Waals surface area contributed by atoms with Crippen molar-refractivity contribution in [2.45, 2.75) is 31.5 Å². The number of ether oxygens (including phenoxy) is 1. The predicted molar refractivity (Wildman–Crippen MR) is 88.7 cm³/mol. The summed E-state index contributed by atoms with van der Waals surface area (Å²) >= 11 is 0. The zero-order valence-corrected chi connectivity index (χ0v) is 16.5. The maximum Gasteiger partial charge on any atom is 0.662 e. The van der Waals surface area contributed by atoms with Crippen molar-refractivity contribution in [3.63, 3.8) is 0 Å². The molecular weight excluding hydrogens is 374 g/mol. The first kappa shape index (κ1) is 21.6. The molecule has 0 radical (unpaired) electrons. The molecule has 0 aliphatic heterocycles. The normalized spacial score (nSPS) is 19.3. The molecule has 0 spiro atoms. The second-order valence-electron chi connectivity index (χ2n) is 5.56. The summed E-state index contributed by atoms with van der Waals surface area (Å²) in [5, 5.41) is 3.24. The Labute approximate surface area is 143 Å². The highest BCUT2D eigenvalue weighted by Crippen LogP contribution is 2.20. The van der Waals surface area contributed by atoms with E-state index in [1.54, 1.807) is 7.11 Å². The number of hydrogen-bond donors (Lipinski definition) is 7. The molecule has 0 fully saturated rings. The first-order valence-corrected chi connectivity index (χ1v) is 13.4. The summed E-state index contributed by atoms with van der Waals surface area (Å²) in [7, 11) is -11.8. The molecule has 0 saturated carbocycles. The van der Waals surface area contributed by atoms with E-state index >= 15 is 0 Å². The smallest absolute Gasteiger partial charge is 0.497 e. The first-order chi connectivity index (χ1) is 10.9. The van der Waals surface area contributed by atoms with Crippen LogP contribution in [0, 0.1) is 0 Å². The second-order valence-corrected chi connectivity index (χ2v) is 12.3. The minimum atomic E-state index is -4.92. The van der Waals surface area contributed by atoms with Crippen LogP contribution in [0.25, 0.3) is 0 Å². The van der Waals surface area contributed by atoms with Crippen LogP contribution in [0.2, 0.25) is 12.6 Å². The molecule has 0 bridgehead atoms. The number of methoxy groups -OCH3 is 1. The maximum atomic E-state index is 9.07. The Hall–Kier alpha value is -0.429. The molecule has 1 rings (SSSR count). The third kappa shape index (κ3) is 9.16. The topological polar surface area (TPSA) is 161 Å². The van der Waals surface area contributed by atoms with Gasteiger partial charge in [-0.2, -0.15) is 0 Å². The summed E-state index contributed by atoms with van der Waals surface area (Å²) in [6.07, 6.45) is 6.92. The van der Waals surface area contributed by atoms with Crippen molar-refractivity contribution in [1.29, 1.82) is 0 Å². The van der Waals surface area contributed by atoms with Crippen molar-refractivity contribution in [3.8, 4) is 0 Å². The van der Waals surface area contributed by atoms with Crippen LogP contribution < -0.4 is 5.32 Å². The van der Waals surface area contributed by atoms with Gasteiger partial charge in [0.1, 0.15) is 5.76 Å². The van der Waals surface area contributed by atoms with E-state index in [9.17, 15) is 0 Å². The molecule has 7 N–H and O–H groups in total. The van der Waals surface area contributed by atoms with E-state index in [1.165, 1.54) is 6.55 Å². The molecule has 24 heavy (non-hydrogen) atoms. The van der Waals surface area contributed by atoms with Gasteiger partial charge in [-0.1, -0.05) is 6.08 Å². The van der Waals surface area contributed by atoms with E-state index in [2.05, 4.69) is 5.32 Å². The lowest BCUT2D eigenvalue weighted by molar-refractivity contribution is 0.0791. The average Bonchev–Trinajstić information content (AvgIpc) is 2.40. The highest BCUT2D eigenvalue weighted by atomic mass is 28.5. The average molecular weight is 400 g/mol. The van der Waals surface area contributed by atoms with Crippen molar-refractivity contribution in [1.82, 2.24) is 5.32 Å². The van der Waals surface area contributed by atoms with E-state index in [0.29, 0.717) is 13.0 Å². The Morgan fingerprint density at radius 3 is 2.12 bits per heavy atom. The minimum absolute atomic E-state index is 0.0997. The lowest BCUT2D eigenvalue weighted by atomic mass is 10.1. The molecule has 0 amide bonds. The van der Waals surface area contributed by atoms with Crippen LogP contribution >= 0.6 is 0 Å². The molecule has 0 heterocycles. The molecule has 140 valence electrons. The third-order valence-corrected chi connectivity index (χ3v) is 10.1. The van der Waals surface area contributed by atoms with Gasteiger partial charge in [0.25, 0.3) is 0 Å². The molecule has 10 nitrogen and oxygen atoms in total. The van der Waals surface area contributed by atoms with Crippen LogP contribution in [-0.4, -0.2) is 75.1 Å². The summed E-state index contributed by atoms with van der Waals surface area (Å²) in [4.78, 5) is 54.4. The van der Waals surface area contributed by atoms with Gasteiger partial charge in [-0.3, -0.25) is 0 Å². The fourth-order valence-electron chi connectivity index (χ4n) is 2.30. The monoisotopic (exact) mass is 399 g/mol. The third-order valence-electron chi connectivity index (χ3n) is 3.22. The van der Waals surface area contributed by atoms with Gasteiger partial charge in [-0.15, -0.1) is 0 Å². The van der Waals surface area contributed by atoms with Crippen molar-refractivity contribution in [3.05, 3.63) is 24.0 Å². The fraction of sp³-hybridized carbons (Fsp3) is 0.636. The van der Waals surface area contributed by atoms with Crippen molar-refractivity contribution in [2.75, 3.05) is 13.7 Å². The van der Waals surface area contributed by atoms with Crippen molar-refractivity contribution < 1.29 is 41.7 Å². The summed E-state index contributed by atoms with van der Waals surface area (Å²) in [5.41, 5.74) is 0. The van der Waals surface area contributed by atoms with Crippen LogP contribution in [-0.2, 0) is 13.0 Å². The van der Waals surface area contributed by atoms with Gasteiger partial charge < -0.3 is 47.1 Å².